The molecule has 1 rings (SSSR count). The van der Waals surface area contributed by atoms with Crippen molar-refractivity contribution in [1.82, 2.24) is 4.98 Å². The van der Waals surface area contributed by atoms with Crippen molar-refractivity contribution in [3.05, 3.63) is 30.6 Å². The maximum atomic E-state index is 8.24. The third-order valence-corrected chi connectivity index (χ3v) is 1.44. The summed E-state index contributed by atoms with van der Waals surface area (Å²) >= 11 is 0. The monoisotopic (exact) mass is 197 g/mol. The van der Waals surface area contributed by atoms with Gasteiger partial charge < -0.3 is 9.84 Å². The van der Waals surface area contributed by atoms with Crippen molar-refractivity contribution in [3.63, 3.8) is 0 Å². The van der Waals surface area contributed by atoms with Crippen molar-refractivity contribution >= 4 is 0 Å². The third kappa shape index (κ3) is 11.1. The van der Waals surface area contributed by atoms with Crippen molar-refractivity contribution < 1.29 is 9.84 Å². The van der Waals surface area contributed by atoms with E-state index >= 15 is 0 Å². The number of hydrogen-bond acceptors (Lipinski definition) is 3. The van der Waals surface area contributed by atoms with Gasteiger partial charge in [-0.15, -0.1) is 0 Å². The normalized spacial score (nSPS) is 9.00. The van der Waals surface area contributed by atoms with Crippen LogP contribution in [0.1, 0.15) is 19.8 Å². The average Bonchev–Trinajstić information content (AvgIpc) is 2.28. The predicted octanol–water partition coefficient (Wildman–Crippen LogP) is 1.88. The summed E-state index contributed by atoms with van der Waals surface area (Å²) in [5.74, 6) is 0. The van der Waals surface area contributed by atoms with Gasteiger partial charge in [0.1, 0.15) is 0 Å². The third-order valence-electron chi connectivity index (χ3n) is 1.44. The zero-order valence-corrected chi connectivity index (χ0v) is 8.72. The van der Waals surface area contributed by atoms with Gasteiger partial charge in [0.05, 0.1) is 13.2 Å². The van der Waals surface area contributed by atoms with E-state index < -0.39 is 0 Å². The maximum Gasteiger partial charge on any atom is 0.0697 e. The molecule has 1 aromatic heterocycles. The molecule has 0 spiro atoms. The van der Waals surface area contributed by atoms with Crippen LogP contribution in [0.25, 0.3) is 0 Å². The van der Waals surface area contributed by atoms with Crippen molar-refractivity contribution in [2.75, 3.05) is 19.8 Å². The molecule has 0 aliphatic carbocycles. The summed E-state index contributed by atoms with van der Waals surface area (Å²) in [5, 5.41) is 8.24. The van der Waals surface area contributed by atoms with Crippen LogP contribution in [0.5, 0.6) is 0 Å². The van der Waals surface area contributed by atoms with Crippen LogP contribution in [-0.2, 0) is 4.74 Å². The van der Waals surface area contributed by atoms with E-state index in [4.69, 9.17) is 9.84 Å². The molecule has 0 aliphatic rings. The zero-order chi connectivity index (χ0) is 10.5. The van der Waals surface area contributed by atoms with Gasteiger partial charge in [-0.1, -0.05) is 19.4 Å². The average molecular weight is 197 g/mol. The van der Waals surface area contributed by atoms with E-state index in [-0.39, 0.29) is 6.61 Å². The lowest BCUT2D eigenvalue weighted by atomic mass is 10.4. The van der Waals surface area contributed by atoms with Crippen molar-refractivity contribution in [2.45, 2.75) is 19.8 Å². The Morgan fingerprint density at radius 1 is 1.14 bits per heavy atom. The highest BCUT2D eigenvalue weighted by Gasteiger charge is 1.82. The Morgan fingerprint density at radius 2 is 1.86 bits per heavy atom. The largest absolute Gasteiger partial charge is 0.394 e. The molecule has 14 heavy (non-hydrogen) atoms. The summed E-state index contributed by atoms with van der Waals surface area (Å²) < 4.78 is 4.97. The van der Waals surface area contributed by atoms with E-state index in [1.54, 1.807) is 12.4 Å². The summed E-state index contributed by atoms with van der Waals surface area (Å²) in [5.41, 5.74) is 0. The Hall–Kier alpha value is -0.930. The van der Waals surface area contributed by atoms with Crippen LogP contribution in [0.4, 0.5) is 0 Å². The topological polar surface area (TPSA) is 42.4 Å². The minimum atomic E-state index is 0.143. The van der Waals surface area contributed by atoms with Gasteiger partial charge >= 0.3 is 0 Å². The van der Waals surface area contributed by atoms with Crippen molar-refractivity contribution in [2.24, 2.45) is 0 Å². The van der Waals surface area contributed by atoms with Gasteiger partial charge in [0.2, 0.25) is 0 Å². The van der Waals surface area contributed by atoms with E-state index in [2.05, 4.69) is 11.9 Å². The molecule has 0 unspecified atom stereocenters. The summed E-state index contributed by atoms with van der Waals surface area (Å²) in [6.45, 7) is 3.53. The van der Waals surface area contributed by atoms with E-state index in [9.17, 15) is 0 Å². The molecule has 0 saturated carbocycles. The van der Waals surface area contributed by atoms with Gasteiger partial charge in [0.15, 0.2) is 0 Å². The quantitative estimate of drug-likeness (QED) is 0.733. The maximum absolute atomic E-state index is 8.24. The molecule has 1 heterocycles. The smallest absolute Gasteiger partial charge is 0.0697 e. The molecular weight excluding hydrogens is 178 g/mol. The van der Waals surface area contributed by atoms with Gasteiger partial charge in [-0.2, -0.15) is 0 Å². The highest BCUT2D eigenvalue weighted by molar-refractivity contribution is 4.88. The molecule has 1 N–H and O–H groups in total. The summed E-state index contributed by atoms with van der Waals surface area (Å²) in [7, 11) is 0. The second-order valence-corrected chi connectivity index (χ2v) is 2.71. The lowest BCUT2D eigenvalue weighted by molar-refractivity contribution is 0.0904. The molecule has 3 heteroatoms. The fourth-order valence-corrected chi connectivity index (χ4v) is 0.726. The van der Waals surface area contributed by atoms with Gasteiger partial charge in [0.25, 0.3) is 0 Å². The number of aliphatic hydroxyl groups excluding tert-OH is 1. The Morgan fingerprint density at radius 3 is 2.21 bits per heavy atom. The predicted molar refractivity (Wildman–Crippen MR) is 57.0 cm³/mol. The summed E-state index contributed by atoms with van der Waals surface area (Å²) in [4.78, 5) is 3.78. The Bertz CT molecular complexity index is 147. The van der Waals surface area contributed by atoms with E-state index in [1.165, 1.54) is 0 Å². The molecule has 0 radical (unpaired) electrons. The highest BCUT2D eigenvalue weighted by atomic mass is 16.5. The van der Waals surface area contributed by atoms with Crippen LogP contribution in [0.3, 0.4) is 0 Å². The van der Waals surface area contributed by atoms with Crippen LogP contribution in [0.15, 0.2) is 30.6 Å². The van der Waals surface area contributed by atoms with Crippen LogP contribution >= 0.6 is 0 Å². The fourth-order valence-electron chi connectivity index (χ4n) is 0.726. The Labute approximate surface area is 85.8 Å². The van der Waals surface area contributed by atoms with E-state index in [1.807, 2.05) is 18.2 Å². The standard InChI is InChI=1S/C6H14O2.C5H5N/c1-2-3-5-8-6-4-7;1-2-4-6-5-3-1/h7H,2-6H2,1H3;1-5H. The lowest BCUT2D eigenvalue weighted by Gasteiger charge is -1.97. The minimum Gasteiger partial charge on any atom is -0.394 e. The number of unbranched alkanes of at least 4 members (excludes halogenated alkanes) is 1. The van der Waals surface area contributed by atoms with Crippen LogP contribution in [0.2, 0.25) is 0 Å². The van der Waals surface area contributed by atoms with E-state index in [0.717, 1.165) is 19.4 Å². The first kappa shape index (κ1) is 13.1. The first-order valence-corrected chi connectivity index (χ1v) is 4.95. The lowest BCUT2D eigenvalue weighted by Crippen LogP contribution is -1.99. The number of nitrogens with zero attached hydrogens (tertiary/aromatic N) is 1. The van der Waals surface area contributed by atoms with Gasteiger partial charge in [0, 0.05) is 19.0 Å². The molecule has 0 bridgehead atoms. The summed E-state index contributed by atoms with van der Waals surface area (Å²) in [6, 6.07) is 5.72. The molecule has 1 aromatic rings. The molecule has 80 valence electrons. The Balaban J connectivity index is 0.000000249. The van der Waals surface area contributed by atoms with Gasteiger partial charge in [-0.25, -0.2) is 0 Å². The number of aliphatic hydroxyl groups is 1. The number of pyridine rings is 1. The number of aromatic nitrogens is 1. The first-order valence-electron chi connectivity index (χ1n) is 4.95. The molecule has 0 aliphatic heterocycles. The Kier molecular flexibility index (Phi) is 11.3. The molecule has 0 aromatic carbocycles. The highest BCUT2D eigenvalue weighted by Crippen LogP contribution is 1.85. The minimum absolute atomic E-state index is 0.143. The second-order valence-electron chi connectivity index (χ2n) is 2.71. The first-order chi connectivity index (χ1) is 6.91. The van der Waals surface area contributed by atoms with Crippen LogP contribution in [-0.4, -0.2) is 29.9 Å². The molecular formula is C11H19NO2. The zero-order valence-electron chi connectivity index (χ0n) is 8.72. The number of hydrogen-bond donors (Lipinski definition) is 1. The van der Waals surface area contributed by atoms with Crippen LogP contribution < -0.4 is 0 Å². The molecule has 3 nitrogen and oxygen atoms in total. The van der Waals surface area contributed by atoms with Gasteiger partial charge in [-0.3, -0.25) is 4.98 Å². The molecule has 0 fully saturated rings. The number of rotatable bonds is 5. The molecule has 0 amide bonds. The summed E-state index contributed by atoms with van der Waals surface area (Å²) in [6.07, 6.45) is 5.76. The SMILES string of the molecule is CCCCOCCO.c1ccncc1. The fraction of sp³-hybridized carbons (Fsp3) is 0.545. The molecule has 0 atom stereocenters. The van der Waals surface area contributed by atoms with Gasteiger partial charge in [-0.05, 0) is 18.6 Å². The van der Waals surface area contributed by atoms with Crippen molar-refractivity contribution in [1.29, 1.82) is 0 Å². The second kappa shape index (κ2) is 12.1. The van der Waals surface area contributed by atoms with Crippen LogP contribution in [0, 0.1) is 0 Å². The molecule has 0 saturated heterocycles. The van der Waals surface area contributed by atoms with E-state index in [0.29, 0.717) is 6.61 Å². The number of ether oxygens (including phenoxy) is 1. The van der Waals surface area contributed by atoms with Crippen molar-refractivity contribution in [3.8, 4) is 0 Å².